The van der Waals surface area contributed by atoms with Crippen LogP contribution in [-0.2, 0) is 4.79 Å². The maximum Gasteiger partial charge on any atom is 0.308 e. The Morgan fingerprint density at radius 1 is 1.50 bits per heavy atom. The average Bonchev–Trinajstić information content (AvgIpc) is 2.80. The first-order valence-corrected chi connectivity index (χ1v) is 6.57. The number of halogens is 1. The van der Waals surface area contributed by atoms with Crippen LogP contribution in [0.5, 0.6) is 0 Å². The van der Waals surface area contributed by atoms with Gasteiger partial charge >= 0.3 is 5.97 Å². The number of carboxylic acids is 1. The van der Waals surface area contributed by atoms with E-state index in [1.54, 1.807) is 0 Å². The van der Waals surface area contributed by atoms with Gasteiger partial charge in [-0.05, 0) is 24.5 Å². The summed E-state index contributed by atoms with van der Waals surface area (Å²) >= 11 is 0. The minimum Gasteiger partial charge on any atom is -0.481 e. The standard InChI is InChI=1S/C14H15FN2O3/c1-8-4-9(13(18)19)7-17(6-8)14-16-11-5-10(15)2-3-12(11)20-14/h2-3,5,8-9H,4,6-7H2,1H3,(H,18,19). The van der Waals surface area contributed by atoms with E-state index in [-0.39, 0.29) is 11.7 Å². The van der Waals surface area contributed by atoms with Crippen molar-refractivity contribution < 1.29 is 18.7 Å². The van der Waals surface area contributed by atoms with E-state index >= 15 is 0 Å². The van der Waals surface area contributed by atoms with Crippen LogP contribution in [0.4, 0.5) is 10.4 Å². The van der Waals surface area contributed by atoms with Gasteiger partial charge in [0.15, 0.2) is 5.58 Å². The molecule has 1 fully saturated rings. The third-order valence-electron chi connectivity index (χ3n) is 3.62. The van der Waals surface area contributed by atoms with E-state index in [1.807, 2.05) is 11.8 Å². The number of aliphatic carboxylic acids is 1. The van der Waals surface area contributed by atoms with Crippen LogP contribution in [0.1, 0.15) is 13.3 Å². The molecule has 0 aliphatic carbocycles. The lowest BCUT2D eigenvalue weighted by molar-refractivity contribution is -0.142. The second-order valence-electron chi connectivity index (χ2n) is 5.39. The van der Waals surface area contributed by atoms with E-state index in [0.29, 0.717) is 36.6 Å². The molecule has 2 unspecified atom stereocenters. The Morgan fingerprint density at radius 2 is 2.30 bits per heavy atom. The Hall–Kier alpha value is -2.11. The molecule has 6 heteroatoms. The maximum absolute atomic E-state index is 13.1. The number of piperidine rings is 1. The molecule has 3 rings (SSSR count). The van der Waals surface area contributed by atoms with Gasteiger partial charge in [0.2, 0.25) is 0 Å². The van der Waals surface area contributed by atoms with Crippen LogP contribution in [0.25, 0.3) is 11.1 Å². The number of aromatic nitrogens is 1. The number of nitrogens with zero attached hydrogens (tertiary/aromatic N) is 2. The number of oxazole rings is 1. The van der Waals surface area contributed by atoms with Crippen molar-refractivity contribution in [3.8, 4) is 0 Å². The minimum atomic E-state index is -0.802. The molecule has 20 heavy (non-hydrogen) atoms. The lowest BCUT2D eigenvalue weighted by Gasteiger charge is -2.33. The minimum absolute atomic E-state index is 0.247. The number of hydrogen-bond donors (Lipinski definition) is 1. The van der Waals surface area contributed by atoms with Crippen molar-refractivity contribution in [3.63, 3.8) is 0 Å². The van der Waals surface area contributed by atoms with Gasteiger partial charge in [0.25, 0.3) is 6.01 Å². The van der Waals surface area contributed by atoms with Gasteiger partial charge in [0, 0.05) is 19.2 Å². The molecule has 1 aromatic carbocycles. The number of anilines is 1. The van der Waals surface area contributed by atoms with Gasteiger partial charge in [0.1, 0.15) is 11.3 Å². The highest BCUT2D eigenvalue weighted by Crippen LogP contribution is 2.29. The summed E-state index contributed by atoms with van der Waals surface area (Å²) in [5, 5.41) is 9.17. The van der Waals surface area contributed by atoms with Crippen LogP contribution in [0, 0.1) is 17.7 Å². The normalized spacial score (nSPS) is 23.2. The lowest BCUT2D eigenvalue weighted by atomic mass is 9.91. The van der Waals surface area contributed by atoms with Crippen LogP contribution in [-0.4, -0.2) is 29.1 Å². The van der Waals surface area contributed by atoms with Gasteiger partial charge in [-0.15, -0.1) is 0 Å². The zero-order chi connectivity index (χ0) is 14.3. The molecule has 2 aromatic rings. The third kappa shape index (κ3) is 2.33. The summed E-state index contributed by atoms with van der Waals surface area (Å²) in [6.07, 6.45) is 0.653. The summed E-state index contributed by atoms with van der Waals surface area (Å²) < 4.78 is 18.7. The second-order valence-corrected chi connectivity index (χ2v) is 5.39. The molecule has 1 N–H and O–H groups in total. The molecule has 0 bridgehead atoms. The SMILES string of the molecule is CC1CC(C(=O)O)CN(c2nc3cc(F)ccc3o2)C1. The van der Waals surface area contributed by atoms with Gasteiger partial charge in [-0.25, -0.2) is 4.39 Å². The smallest absolute Gasteiger partial charge is 0.308 e. The quantitative estimate of drug-likeness (QED) is 0.914. The molecular formula is C14H15FN2O3. The van der Waals surface area contributed by atoms with Gasteiger partial charge < -0.3 is 14.4 Å². The molecule has 2 atom stereocenters. The van der Waals surface area contributed by atoms with Crippen LogP contribution in [0.15, 0.2) is 22.6 Å². The first-order chi connectivity index (χ1) is 9.52. The van der Waals surface area contributed by atoms with Crippen molar-refractivity contribution >= 4 is 23.1 Å². The molecule has 0 spiro atoms. The first kappa shape index (κ1) is 12.9. The summed E-state index contributed by atoms with van der Waals surface area (Å²) in [7, 11) is 0. The van der Waals surface area contributed by atoms with Crippen molar-refractivity contribution in [2.24, 2.45) is 11.8 Å². The van der Waals surface area contributed by atoms with Gasteiger partial charge in [-0.1, -0.05) is 6.92 Å². The van der Waals surface area contributed by atoms with Gasteiger partial charge in [0.05, 0.1) is 5.92 Å². The zero-order valence-corrected chi connectivity index (χ0v) is 11.0. The molecule has 0 saturated carbocycles. The number of benzene rings is 1. The van der Waals surface area contributed by atoms with Crippen LogP contribution < -0.4 is 4.90 Å². The predicted molar refractivity (Wildman–Crippen MR) is 71.1 cm³/mol. The average molecular weight is 278 g/mol. The van der Waals surface area contributed by atoms with Crippen LogP contribution in [0.2, 0.25) is 0 Å². The first-order valence-electron chi connectivity index (χ1n) is 6.57. The molecule has 2 heterocycles. The summed E-state index contributed by atoms with van der Waals surface area (Å²) in [6.45, 7) is 3.07. The Bertz CT molecular complexity index is 655. The van der Waals surface area contributed by atoms with Crippen molar-refractivity contribution in [2.75, 3.05) is 18.0 Å². The number of carbonyl (C=O) groups is 1. The largest absolute Gasteiger partial charge is 0.481 e. The molecule has 1 saturated heterocycles. The fraction of sp³-hybridized carbons (Fsp3) is 0.429. The Kier molecular flexibility index (Phi) is 3.08. The Morgan fingerprint density at radius 3 is 3.05 bits per heavy atom. The third-order valence-corrected chi connectivity index (χ3v) is 3.62. The fourth-order valence-corrected chi connectivity index (χ4v) is 2.71. The highest BCUT2D eigenvalue weighted by molar-refractivity contribution is 5.75. The molecule has 0 amide bonds. The molecule has 1 aliphatic rings. The number of hydrogen-bond acceptors (Lipinski definition) is 4. The summed E-state index contributed by atoms with van der Waals surface area (Å²) in [5.41, 5.74) is 0.955. The zero-order valence-electron chi connectivity index (χ0n) is 11.0. The fourth-order valence-electron chi connectivity index (χ4n) is 2.71. The molecule has 1 aromatic heterocycles. The molecule has 0 radical (unpaired) electrons. The predicted octanol–water partition coefficient (Wildman–Crippen LogP) is 2.51. The highest BCUT2D eigenvalue weighted by Gasteiger charge is 2.31. The van der Waals surface area contributed by atoms with Crippen LogP contribution in [0.3, 0.4) is 0 Å². The van der Waals surface area contributed by atoms with Crippen molar-refractivity contribution in [1.29, 1.82) is 0 Å². The summed E-state index contributed by atoms with van der Waals surface area (Å²) in [6, 6.07) is 4.52. The summed E-state index contributed by atoms with van der Waals surface area (Å²) in [5.74, 6) is -1.35. The number of carboxylic acid groups (broad SMARTS) is 1. The Balaban J connectivity index is 1.91. The molecule has 1 aliphatic heterocycles. The second kappa shape index (κ2) is 4.77. The van der Waals surface area contributed by atoms with Crippen LogP contribution >= 0.6 is 0 Å². The maximum atomic E-state index is 13.1. The van der Waals surface area contributed by atoms with E-state index in [1.165, 1.54) is 18.2 Å². The monoisotopic (exact) mass is 278 g/mol. The van der Waals surface area contributed by atoms with Gasteiger partial charge in [-0.2, -0.15) is 4.98 Å². The van der Waals surface area contributed by atoms with Crippen molar-refractivity contribution in [2.45, 2.75) is 13.3 Å². The van der Waals surface area contributed by atoms with E-state index in [2.05, 4.69) is 4.98 Å². The number of fused-ring (bicyclic) bond motifs is 1. The van der Waals surface area contributed by atoms with Crippen molar-refractivity contribution in [1.82, 2.24) is 4.98 Å². The molecule has 106 valence electrons. The lowest BCUT2D eigenvalue weighted by Crippen LogP contribution is -2.42. The number of rotatable bonds is 2. The van der Waals surface area contributed by atoms with E-state index in [9.17, 15) is 9.18 Å². The molecule has 5 nitrogen and oxygen atoms in total. The van der Waals surface area contributed by atoms with E-state index in [0.717, 1.165) is 0 Å². The van der Waals surface area contributed by atoms with Crippen molar-refractivity contribution in [3.05, 3.63) is 24.0 Å². The van der Waals surface area contributed by atoms with Gasteiger partial charge in [-0.3, -0.25) is 4.79 Å². The summed E-state index contributed by atoms with van der Waals surface area (Å²) in [4.78, 5) is 17.2. The Labute approximate surface area is 115 Å². The van der Waals surface area contributed by atoms with E-state index < -0.39 is 11.9 Å². The molecular weight excluding hydrogens is 263 g/mol. The topological polar surface area (TPSA) is 66.6 Å². The van der Waals surface area contributed by atoms with E-state index in [4.69, 9.17) is 9.52 Å². The highest BCUT2D eigenvalue weighted by atomic mass is 19.1.